The zero-order chi connectivity index (χ0) is 12.4. The fraction of sp³-hybridized carbons (Fsp3) is 0.308. The Balaban J connectivity index is 2.30. The average Bonchev–Trinajstić information content (AvgIpc) is 2.70. The minimum absolute atomic E-state index is 0.0264. The maximum Gasteiger partial charge on any atom is 0.241 e. The van der Waals surface area contributed by atoms with Gasteiger partial charge in [-0.1, -0.05) is 18.2 Å². The van der Waals surface area contributed by atoms with Crippen LogP contribution in [0.25, 0.3) is 10.1 Å². The molecule has 1 amide bonds. The molecule has 2 rings (SSSR count). The second-order valence-corrected chi connectivity index (χ2v) is 5.19. The van der Waals surface area contributed by atoms with E-state index in [1.165, 1.54) is 10.1 Å². The zero-order valence-corrected chi connectivity index (χ0v) is 11.0. The topological polar surface area (TPSA) is 32.3 Å². The molecule has 2 aromatic rings. The number of hydrazine groups is 1. The van der Waals surface area contributed by atoms with Gasteiger partial charge in [-0.25, -0.2) is 5.01 Å². The van der Waals surface area contributed by atoms with E-state index >= 15 is 0 Å². The van der Waals surface area contributed by atoms with E-state index in [1.807, 2.05) is 33.2 Å². The molecule has 0 aliphatic rings. The predicted octanol–water partition coefficient (Wildman–Crippen LogP) is 2.60. The minimum atomic E-state index is -0.131. The number of amides is 1. The van der Waals surface area contributed by atoms with Crippen molar-refractivity contribution in [2.24, 2.45) is 0 Å². The Morgan fingerprint density at radius 2 is 2.06 bits per heavy atom. The number of thiophene rings is 1. The van der Waals surface area contributed by atoms with Gasteiger partial charge in [-0.2, -0.15) is 0 Å². The summed E-state index contributed by atoms with van der Waals surface area (Å²) < 4.78 is 1.23. The third-order valence-electron chi connectivity index (χ3n) is 2.70. The quantitative estimate of drug-likeness (QED) is 0.847. The monoisotopic (exact) mass is 248 g/mol. The van der Waals surface area contributed by atoms with Crippen molar-refractivity contribution in [3.05, 3.63) is 35.2 Å². The second-order valence-electron chi connectivity index (χ2n) is 4.28. The maximum atomic E-state index is 11.9. The van der Waals surface area contributed by atoms with Gasteiger partial charge in [0.05, 0.1) is 5.92 Å². The Morgan fingerprint density at radius 1 is 1.35 bits per heavy atom. The third kappa shape index (κ3) is 2.48. The average molecular weight is 248 g/mol. The zero-order valence-electron chi connectivity index (χ0n) is 10.2. The molecule has 1 heterocycles. The van der Waals surface area contributed by atoms with Crippen LogP contribution in [-0.2, 0) is 4.79 Å². The lowest BCUT2D eigenvalue weighted by atomic mass is 10.00. The van der Waals surface area contributed by atoms with Crippen LogP contribution in [0.4, 0.5) is 0 Å². The summed E-state index contributed by atoms with van der Waals surface area (Å²) in [5.74, 6) is -0.105. The summed E-state index contributed by atoms with van der Waals surface area (Å²) in [7, 11) is 3.63. The van der Waals surface area contributed by atoms with Crippen molar-refractivity contribution in [3.8, 4) is 0 Å². The summed E-state index contributed by atoms with van der Waals surface area (Å²) in [6.07, 6.45) is 0. The maximum absolute atomic E-state index is 11.9. The summed E-state index contributed by atoms with van der Waals surface area (Å²) in [6.45, 7) is 1.94. The van der Waals surface area contributed by atoms with Gasteiger partial charge in [0.2, 0.25) is 5.91 Å². The van der Waals surface area contributed by atoms with Gasteiger partial charge < -0.3 is 0 Å². The van der Waals surface area contributed by atoms with Crippen LogP contribution in [0.1, 0.15) is 18.4 Å². The molecule has 0 saturated heterocycles. The first-order valence-electron chi connectivity index (χ1n) is 5.53. The molecule has 90 valence electrons. The molecular weight excluding hydrogens is 232 g/mol. The molecule has 17 heavy (non-hydrogen) atoms. The van der Waals surface area contributed by atoms with Crippen LogP contribution in [0, 0.1) is 0 Å². The molecule has 0 spiro atoms. The summed E-state index contributed by atoms with van der Waals surface area (Å²) in [4.78, 5) is 11.9. The molecule has 1 aromatic heterocycles. The van der Waals surface area contributed by atoms with Crippen LogP contribution in [0.3, 0.4) is 0 Å². The number of nitrogens with one attached hydrogen (secondary N) is 1. The summed E-state index contributed by atoms with van der Waals surface area (Å²) in [5, 5.41) is 4.93. The highest BCUT2D eigenvalue weighted by molar-refractivity contribution is 7.17. The molecular formula is C13H16N2OS. The summed E-state index contributed by atoms with van der Waals surface area (Å²) >= 11 is 1.68. The van der Waals surface area contributed by atoms with Gasteiger partial charge in [0.25, 0.3) is 0 Å². The van der Waals surface area contributed by atoms with Crippen molar-refractivity contribution in [1.29, 1.82) is 0 Å². The number of nitrogens with zero attached hydrogens (tertiary/aromatic N) is 1. The fourth-order valence-electron chi connectivity index (χ4n) is 1.79. The smallest absolute Gasteiger partial charge is 0.241 e. The predicted molar refractivity (Wildman–Crippen MR) is 72.1 cm³/mol. The Hall–Kier alpha value is -1.39. The molecule has 0 aliphatic carbocycles. The number of carbonyl (C=O) groups is 1. The first-order valence-corrected chi connectivity index (χ1v) is 6.41. The molecule has 0 saturated carbocycles. The van der Waals surface area contributed by atoms with Crippen LogP contribution in [0.5, 0.6) is 0 Å². The number of rotatable bonds is 3. The SMILES string of the molecule is CC(C(=O)NN(C)C)c1csc2ccccc12. The molecule has 0 aliphatic heterocycles. The highest BCUT2D eigenvalue weighted by Gasteiger charge is 2.18. The second kappa shape index (κ2) is 4.85. The molecule has 0 fully saturated rings. The van der Waals surface area contributed by atoms with E-state index in [0.29, 0.717) is 0 Å². The van der Waals surface area contributed by atoms with E-state index in [2.05, 4.69) is 22.9 Å². The van der Waals surface area contributed by atoms with Crippen molar-refractivity contribution < 1.29 is 4.79 Å². The Morgan fingerprint density at radius 3 is 2.76 bits per heavy atom. The lowest BCUT2D eigenvalue weighted by molar-refractivity contribution is -0.125. The van der Waals surface area contributed by atoms with Gasteiger partial charge in [0, 0.05) is 18.8 Å². The molecule has 0 bridgehead atoms. The number of carbonyl (C=O) groups excluding carboxylic acids is 1. The van der Waals surface area contributed by atoms with Crippen LogP contribution < -0.4 is 5.43 Å². The van der Waals surface area contributed by atoms with E-state index in [9.17, 15) is 4.79 Å². The highest BCUT2D eigenvalue weighted by atomic mass is 32.1. The van der Waals surface area contributed by atoms with Crippen molar-refractivity contribution in [3.63, 3.8) is 0 Å². The minimum Gasteiger partial charge on any atom is -0.289 e. The lowest BCUT2D eigenvalue weighted by Crippen LogP contribution is -2.38. The highest BCUT2D eigenvalue weighted by Crippen LogP contribution is 2.31. The number of fused-ring (bicyclic) bond motifs is 1. The normalized spacial score (nSPS) is 12.9. The van der Waals surface area contributed by atoms with Crippen molar-refractivity contribution in [2.75, 3.05) is 14.1 Å². The fourth-order valence-corrected chi connectivity index (χ4v) is 2.85. The summed E-state index contributed by atoms with van der Waals surface area (Å²) in [5.41, 5.74) is 3.90. The Labute approximate surface area is 105 Å². The van der Waals surface area contributed by atoms with E-state index in [4.69, 9.17) is 0 Å². The molecule has 4 heteroatoms. The number of hydrogen-bond donors (Lipinski definition) is 1. The van der Waals surface area contributed by atoms with Crippen molar-refractivity contribution >= 4 is 27.3 Å². The lowest BCUT2D eigenvalue weighted by Gasteiger charge is -2.16. The number of hydrogen-bond acceptors (Lipinski definition) is 3. The molecule has 3 nitrogen and oxygen atoms in total. The Kier molecular flexibility index (Phi) is 3.45. The van der Waals surface area contributed by atoms with Crippen molar-refractivity contribution in [2.45, 2.75) is 12.8 Å². The van der Waals surface area contributed by atoms with E-state index in [-0.39, 0.29) is 11.8 Å². The first-order chi connectivity index (χ1) is 8.09. The van der Waals surface area contributed by atoms with Gasteiger partial charge in [-0.05, 0) is 29.3 Å². The largest absolute Gasteiger partial charge is 0.289 e. The standard InChI is InChI=1S/C13H16N2OS/c1-9(13(16)14-15(2)3)11-8-17-12-7-5-4-6-10(11)12/h4-9H,1-3H3,(H,14,16). The van der Waals surface area contributed by atoms with Gasteiger partial charge in [0.1, 0.15) is 0 Å². The first kappa shape index (κ1) is 12.1. The van der Waals surface area contributed by atoms with Gasteiger partial charge >= 0.3 is 0 Å². The van der Waals surface area contributed by atoms with Crippen LogP contribution in [0.15, 0.2) is 29.6 Å². The molecule has 1 unspecified atom stereocenters. The van der Waals surface area contributed by atoms with Crippen LogP contribution >= 0.6 is 11.3 Å². The van der Waals surface area contributed by atoms with Gasteiger partial charge in [-0.15, -0.1) is 11.3 Å². The molecule has 1 aromatic carbocycles. The molecule has 1 atom stereocenters. The van der Waals surface area contributed by atoms with Crippen LogP contribution in [0.2, 0.25) is 0 Å². The van der Waals surface area contributed by atoms with E-state index in [0.717, 1.165) is 5.56 Å². The Bertz CT molecular complexity index is 533. The van der Waals surface area contributed by atoms with Crippen molar-refractivity contribution in [1.82, 2.24) is 10.4 Å². The van der Waals surface area contributed by atoms with Gasteiger partial charge in [-0.3, -0.25) is 10.2 Å². The molecule has 1 N–H and O–H groups in total. The van der Waals surface area contributed by atoms with Crippen LogP contribution in [-0.4, -0.2) is 25.0 Å². The van der Waals surface area contributed by atoms with E-state index in [1.54, 1.807) is 16.3 Å². The number of benzene rings is 1. The summed E-state index contributed by atoms with van der Waals surface area (Å²) in [6, 6.07) is 8.18. The third-order valence-corrected chi connectivity index (χ3v) is 3.69. The van der Waals surface area contributed by atoms with Gasteiger partial charge in [0.15, 0.2) is 0 Å². The molecule has 0 radical (unpaired) electrons. The van der Waals surface area contributed by atoms with E-state index < -0.39 is 0 Å².